The lowest BCUT2D eigenvalue weighted by Gasteiger charge is -2.15. The average molecular weight is 300 g/mol. The average Bonchev–Trinajstić information content (AvgIpc) is 2.71. The van der Waals surface area contributed by atoms with Crippen molar-refractivity contribution in [1.29, 1.82) is 0 Å². The normalized spacial score (nSPS) is 15.2. The second kappa shape index (κ2) is 5.19. The minimum Gasteiger partial charge on any atom is -0.315 e. The minimum absolute atomic E-state index is 0.139. The summed E-state index contributed by atoms with van der Waals surface area (Å²) in [5.41, 5.74) is 6.64. The molecule has 108 valence electrons. The third-order valence-electron chi connectivity index (χ3n) is 4.01. The van der Waals surface area contributed by atoms with Crippen LogP contribution >= 0.6 is 11.6 Å². The Morgan fingerprint density at radius 1 is 1.05 bits per heavy atom. The molecule has 2 aromatic rings. The summed E-state index contributed by atoms with van der Waals surface area (Å²) in [6.45, 7) is 4.16. The van der Waals surface area contributed by atoms with Crippen LogP contribution in [0.3, 0.4) is 0 Å². The molecule has 3 rings (SSSR count). The zero-order valence-electron chi connectivity index (χ0n) is 12.5. The highest BCUT2D eigenvalue weighted by Crippen LogP contribution is 2.35. The summed E-state index contributed by atoms with van der Waals surface area (Å²) in [6, 6.07) is 12.5. The van der Waals surface area contributed by atoms with E-state index < -0.39 is 0 Å². The van der Waals surface area contributed by atoms with E-state index in [1.807, 2.05) is 19.2 Å². The van der Waals surface area contributed by atoms with Crippen molar-refractivity contribution in [3.05, 3.63) is 64.2 Å². The van der Waals surface area contributed by atoms with Gasteiger partial charge in [-0.3, -0.25) is 4.79 Å². The molecule has 1 aliphatic rings. The van der Waals surface area contributed by atoms with Crippen LogP contribution in [0.5, 0.6) is 0 Å². The van der Waals surface area contributed by atoms with Crippen molar-refractivity contribution in [3.8, 4) is 0 Å². The van der Waals surface area contributed by atoms with Crippen LogP contribution in [0.2, 0.25) is 0 Å². The summed E-state index contributed by atoms with van der Waals surface area (Å²) >= 11 is 6.65. The lowest BCUT2D eigenvalue weighted by Crippen LogP contribution is -2.20. The van der Waals surface area contributed by atoms with E-state index in [9.17, 15) is 4.79 Å². The first-order chi connectivity index (χ1) is 9.95. The van der Waals surface area contributed by atoms with Crippen LogP contribution in [-0.2, 0) is 11.2 Å². The van der Waals surface area contributed by atoms with Gasteiger partial charge < -0.3 is 4.90 Å². The molecule has 0 radical (unpaired) electrons. The number of rotatable bonds is 2. The fourth-order valence-electron chi connectivity index (χ4n) is 3.00. The molecule has 0 aromatic heterocycles. The van der Waals surface area contributed by atoms with Gasteiger partial charge in [0.05, 0.1) is 11.8 Å². The maximum Gasteiger partial charge on any atom is 0.231 e. The number of hydrogen-bond donors (Lipinski definition) is 0. The molecule has 0 saturated carbocycles. The minimum atomic E-state index is -0.185. The van der Waals surface area contributed by atoms with E-state index >= 15 is 0 Å². The van der Waals surface area contributed by atoms with E-state index in [4.69, 9.17) is 11.6 Å². The topological polar surface area (TPSA) is 20.3 Å². The van der Waals surface area contributed by atoms with Gasteiger partial charge in [0.15, 0.2) is 0 Å². The van der Waals surface area contributed by atoms with Gasteiger partial charge in [0.25, 0.3) is 0 Å². The monoisotopic (exact) mass is 299 g/mol. The molecule has 1 unspecified atom stereocenters. The maximum absolute atomic E-state index is 11.8. The van der Waals surface area contributed by atoms with Crippen LogP contribution in [0.25, 0.3) is 0 Å². The Balaban J connectivity index is 1.98. The number of nitrogens with zero attached hydrogens (tertiary/aromatic N) is 1. The second-order valence-corrected chi connectivity index (χ2v) is 6.24. The molecule has 0 aliphatic carbocycles. The van der Waals surface area contributed by atoms with Crippen LogP contribution in [0.15, 0.2) is 36.4 Å². The van der Waals surface area contributed by atoms with E-state index in [1.165, 1.54) is 11.1 Å². The summed E-state index contributed by atoms with van der Waals surface area (Å²) in [5, 5.41) is -0.185. The first-order valence-electron chi connectivity index (χ1n) is 7.07. The number of amides is 1. The molecular weight excluding hydrogens is 282 g/mol. The summed E-state index contributed by atoms with van der Waals surface area (Å²) in [6.07, 6.45) is 0.468. The Morgan fingerprint density at radius 3 is 2.38 bits per heavy atom. The van der Waals surface area contributed by atoms with Gasteiger partial charge in [0, 0.05) is 12.7 Å². The van der Waals surface area contributed by atoms with E-state index in [-0.39, 0.29) is 11.3 Å². The lowest BCUT2D eigenvalue weighted by atomic mass is 9.98. The molecule has 2 nitrogen and oxygen atoms in total. The summed E-state index contributed by atoms with van der Waals surface area (Å²) in [5.74, 6) is 0.139. The van der Waals surface area contributed by atoms with Crippen LogP contribution in [-0.4, -0.2) is 13.0 Å². The zero-order valence-corrected chi connectivity index (χ0v) is 13.2. The van der Waals surface area contributed by atoms with Crippen molar-refractivity contribution in [1.82, 2.24) is 0 Å². The van der Waals surface area contributed by atoms with Crippen molar-refractivity contribution >= 4 is 23.2 Å². The number of alkyl halides is 1. The Bertz CT molecular complexity index is 703. The van der Waals surface area contributed by atoms with Gasteiger partial charge in [-0.25, -0.2) is 0 Å². The molecule has 2 aromatic carbocycles. The lowest BCUT2D eigenvalue weighted by molar-refractivity contribution is -0.117. The van der Waals surface area contributed by atoms with Crippen molar-refractivity contribution in [3.63, 3.8) is 0 Å². The van der Waals surface area contributed by atoms with Gasteiger partial charge in [-0.2, -0.15) is 0 Å². The van der Waals surface area contributed by atoms with Gasteiger partial charge >= 0.3 is 0 Å². The quantitative estimate of drug-likeness (QED) is 0.763. The molecule has 0 bridgehead atoms. The first-order valence-corrected chi connectivity index (χ1v) is 7.51. The number of anilines is 1. The van der Waals surface area contributed by atoms with Crippen LogP contribution in [0.4, 0.5) is 5.69 Å². The largest absolute Gasteiger partial charge is 0.315 e. The van der Waals surface area contributed by atoms with Gasteiger partial charge in [-0.1, -0.05) is 41.5 Å². The fourth-order valence-corrected chi connectivity index (χ4v) is 3.26. The number of benzene rings is 2. The number of aryl methyl sites for hydroxylation is 2. The number of hydrogen-bond acceptors (Lipinski definition) is 1. The molecule has 0 N–H and O–H groups in total. The number of likely N-dealkylation sites (N-methyl/N-ethyl adjacent to an activating group) is 1. The van der Waals surface area contributed by atoms with Crippen molar-refractivity contribution in [2.45, 2.75) is 25.6 Å². The molecular formula is C18H18ClNO. The highest BCUT2D eigenvalue weighted by atomic mass is 35.5. The van der Waals surface area contributed by atoms with Crippen LogP contribution < -0.4 is 4.90 Å². The molecule has 0 fully saturated rings. The molecule has 21 heavy (non-hydrogen) atoms. The molecule has 0 saturated heterocycles. The Morgan fingerprint density at radius 2 is 1.71 bits per heavy atom. The van der Waals surface area contributed by atoms with Crippen molar-refractivity contribution in [2.24, 2.45) is 0 Å². The van der Waals surface area contributed by atoms with Gasteiger partial charge in [-0.15, -0.1) is 11.6 Å². The van der Waals surface area contributed by atoms with E-state index in [1.54, 1.807) is 4.90 Å². The smallest absolute Gasteiger partial charge is 0.231 e. The summed E-state index contributed by atoms with van der Waals surface area (Å²) in [4.78, 5) is 13.5. The standard InChI is InChI=1S/C18H18ClNO/c1-11-6-12(2)8-15(7-11)18(19)13-4-5-16-14(9-13)10-17(21)20(16)3/h4-9,18H,10H2,1-3H3. The number of carbonyl (C=O) groups excluding carboxylic acids is 1. The number of carbonyl (C=O) groups is 1. The van der Waals surface area contributed by atoms with Gasteiger partial charge in [0.2, 0.25) is 5.91 Å². The highest BCUT2D eigenvalue weighted by molar-refractivity contribution is 6.22. The predicted octanol–water partition coefficient (Wildman–Crippen LogP) is 4.15. The highest BCUT2D eigenvalue weighted by Gasteiger charge is 2.25. The third-order valence-corrected chi connectivity index (χ3v) is 4.51. The Kier molecular flexibility index (Phi) is 3.50. The predicted molar refractivity (Wildman–Crippen MR) is 87.2 cm³/mol. The number of fused-ring (bicyclic) bond motifs is 1. The first kappa shape index (κ1) is 14.2. The van der Waals surface area contributed by atoms with E-state index in [0.29, 0.717) is 6.42 Å². The van der Waals surface area contributed by atoms with Crippen LogP contribution in [0.1, 0.15) is 33.2 Å². The summed E-state index contributed by atoms with van der Waals surface area (Å²) < 4.78 is 0. The van der Waals surface area contributed by atoms with E-state index in [2.05, 4.69) is 38.1 Å². The number of halogens is 1. The molecule has 1 aliphatic heterocycles. The molecule has 1 heterocycles. The fraction of sp³-hybridized carbons (Fsp3) is 0.278. The maximum atomic E-state index is 11.8. The summed E-state index contributed by atoms with van der Waals surface area (Å²) in [7, 11) is 1.82. The third kappa shape index (κ3) is 2.56. The zero-order chi connectivity index (χ0) is 15.1. The van der Waals surface area contributed by atoms with Gasteiger partial charge in [-0.05, 0) is 36.6 Å². The van der Waals surface area contributed by atoms with Crippen molar-refractivity contribution < 1.29 is 4.79 Å². The van der Waals surface area contributed by atoms with E-state index in [0.717, 1.165) is 22.4 Å². The molecule has 3 heteroatoms. The molecule has 0 spiro atoms. The van der Waals surface area contributed by atoms with Gasteiger partial charge in [0.1, 0.15) is 0 Å². The molecule has 1 atom stereocenters. The second-order valence-electron chi connectivity index (χ2n) is 5.80. The Labute approximate surface area is 130 Å². The Hall–Kier alpha value is -1.80. The SMILES string of the molecule is Cc1cc(C)cc(C(Cl)c2ccc3c(c2)CC(=O)N3C)c1. The molecule has 1 amide bonds. The van der Waals surface area contributed by atoms with Crippen molar-refractivity contribution in [2.75, 3.05) is 11.9 Å². The van der Waals surface area contributed by atoms with Crippen LogP contribution in [0, 0.1) is 13.8 Å².